The Kier molecular flexibility index (Phi) is 4.96. The molecule has 2 aliphatic heterocycles. The first kappa shape index (κ1) is 19.1. The Balaban J connectivity index is 1.40. The highest BCUT2D eigenvalue weighted by Crippen LogP contribution is 2.27. The van der Waals surface area contributed by atoms with Crippen LogP contribution in [0.4, 0.5) is 4.79 Å². The van der Waals surface area contributed by atoms with Crippen LogP contribution < -0.4 is 10.9 Å². The van der Waals surface area contributed by atoms with Crippen LogP contribution in [0.3, 0.4) is 0 Å². The molecule has 9 heteroatoms. The van der Waals surface area contributed by atoms with Gasteiger partial charge in [0.25, 0.3) is 5.56 Å². The molecule has 0 bridgehead atoms. The van der Waals surface area contributed by atoms with E-state index in [-0.39, 0.29) is 24.2 Å². The molecule has 1 aromatic carbocycles. The third-order valence-electron chi connectivity index (χ3n) is 5.72. The number of rotatable bonds is 3. The average molecular weight is 428 g/mol. The normalized spacial score (nSPS) is 18.6. The van der Waals surface area contributed by atoms with Gasteiger partial charge in [0.2, 0.25) is 0 Å². The highest BCUT2D eigenvalue weighted by atomic mass is 35.5. The fraction of sp³-hybridized carbons (Fsp3) is 0.381. The molecule has 2 N–H and O–H groups in total. The number of hydrogen-bond acceptors (Lipinski definition) is 4. The van der Waals surface area contributed by atoms with Crippen molar-refractivity contribution in [2.45, 2.75) is 31.9 Å². The Bertz CT molecular complexity index is 1170. The summed E-state index contributed by atoms with van der Waals surface area (Å²) in [7, 11) is 0. The minimum atomic E-state index is -0.190. The Morgan fingerprint density at radius 2 is 2.23 bits per heavy atom. The topological polar surface area (TPSA) is 91.7 Å². The molecule has 0 aliphatic carbocycles. The Morgan fingerprint density at radius 1 is 1.37 bits per heavy atom. The van der Waals surface area contributed by atoms with E-state index in [0.717, 1.165) is 36.4 Å². The van der Waals surface area contributed by atoms with Crippen LogP contribution in [-0.4, -0.2) is 51.3 Å². The lowest BCUT2D eigenvalue weighted by Crippen LogP contribution is -2.46. The van der Waals surface area contributed by atoms with Crippen LogP contribution in [0.15, 0.2) is 35.1 Å². The predicted molar refractivity (Wildman–Crippen MR) is 113 cm³/mol. The van der Waals surface area contributed by atoms with Gasteiger partial charge in [-0.25, -0.2) is 14.3 Å². The van der Waals surface area contributed by atoms with E-state index in [1.807, 2.05) is 24.3 Å². The van der Waals surface area contributed by atoms with Crippen LogP contribution in [0.25, 0.3) is 16.9 Å². The summed E-state index contributed by atoms with van der Waals surface area (Å²) in [6.45, 7) is 2.01. The van der Waals surface area contributed by atoms with Gasteiger partial charge in [0, 0.05) is 42.8 Å². The molecule has 5 rings (SSSR count). The summed E-state index contributed by atoms with van der Waals surface area (Å²) in [5.41, 5.74) is 3.16. The fourth-order valence-corrected chi connectivity index (χ4v) is 4.33. The zero-order valence-electron chi connectivity index (χ0n) is 16.4. The number of ether oxygens (including phenoxy) is 1. The second-order valence-corrected chi connectivity index (χ2v) is 8.09. The van der Waals surface area contributed by atoms with Gasteiger partial charge in [-0.1, -0.05) is 29.8 Å². The lowest BCUT2D eigenvalue weighted by molar-refractivity contribution is 0.108. The number of aromatic nitrogens is 3. The van der Waals surface area contributed by atoms with Crippen LogP contribution in [0.5, 0.6) is 0 Å². The number of carbonyl (C=O) groups is 1. The van der Waals surface area contributed by atoms with E-state index in [4.69, 9.17) is 16.3 Å². The first-order valence-electron chi connectivity index (χ1n) is 10.1. The first-order chi connectivity index (χ1) is 14.6. The molecular formula is C21H22ClN5O3. The van der Waals surface area contributed by atoms with Crippen molar-refractivity contribution >= 4 is 23.3 Å². The smallest absolute Gasteiger partial charge is 0.317 e. The highest BCUT2D eigenvalue weighted by Gasteiger charge is 2.26. The molecule has 0 saturated carbocycles. The van der Waals surface area contributed by atoms with Gasteiger partial charge in [-0.05, 0) is 18.9 Å². The van der Waals surface area contributed by atoms with E-state index < -0.39 is 0 Å². The number of halogens is 1. The van der Waals surface area contributed by atoms with Crippen molar-refractivity contribution in [1.82, 2.24) is 24.8 Å². The molecule has 1 unspecified atom stereocenters. The monoisotopic (exact) mass is 427 g/mol. The second-order valence-electron chi connectivity index (χ2n) is 7.68. The van der Waals surface area contributed by atoms with Crippen molar-refractivity contribution in [2.24, 2.45) is 0 Å². The summed E-state index contributed by atoms with van der Waals surface area (Å²) in [5, 5.41) is 6.62. The van der Waals surface area contributed by atoms with Crippen molar-refractivity contribution in [3.05, 3.63) is 57.0 Å². The van der Waals surface area contributed by atoms with Gasteiger partial charge in [0.05, 0.1) is 29.6 Å². The van der Waals surface area contributed by atoms with E-state index >= 15 is 0 Å². The molecule has 2 aliphatic rings. The molecule has 156 valence electrons. The predicted octanol–water partition coefficient (Wildman–Crippen LogP) is 2.59. The van der Waals surface area contributed by atoms with Gasteiger partial charge >= 0.3 is 6.03 Å². The van der Waals surface area contributed by atoms with Crippen LogP contribution >= 0.6 is 11.6 Å². The molecule has 1 fully saturated rings. The van der Waals surface area contributed by atoms with E-state index in [2.05, 4.69) is 15.4 Å². The number of nitrogens with zero attached hydrogens (tertiary/aromatic N) is 3. The van der Waals surface area contributed by atoms with Gasteiger partial charge in [0.1, 0.15) is 0 Å². The molecule has 4 heterocycles. The van der Waals surface area contributed by atoms with E-state index in [1.54, 1.807) is 11.0 Å². The fourth-order valence-electron chi connectivity index (χ4n) is 4.09. The molecule has 2 amide bonds. The lowest BCUT2D eigenvalue weighted by Gasteiger charge is -2.28. The van der Waals surface area contributed by atoms with Gasteiger partial charge in [-0.3, -0.25) is 9.89 Å². The van der Waals surface area contributed by atoms with Crippen molar-refractivity contribution in [3.63, 3.8) is 0 Å². The summed E-state index contributed by atoms with van der Waals surface area (Å²) >= 11 is 6.30. The molecular weight excluding hydrogens is 406 g/mol. The van der Waals surface area contributed by atoms with Crippen molar-refractivity contribution in [3.8, 4) is 11.3 Å². The zero-order chi connectivity index (χ0) is 20.7. The summed E-state index contributed by atoms with van der Waals surface area (Å²) in [5.74, 6) is 0. The first-order valence-corrected chi connectivity index (χ1v) is 10.5. The number of amides is 2. The highest BCUT2D eigenvalue weighted by molar-refractivity contribution is 6.33. The van der Waals surface area contributed by atoms with E-state index in [9.17, 15) is 9.59 Å². The zero-order valence-corrected chi connectivity index (χ0v) is 17.1. The number of carbonyl (C=O) groups excluding carboxylic acids is 1. The SMILES string of the molecule is O=C(NCC1CCCO1)N1CCc2nc3cc(-c4ccccc4Cl)[nH]n3c(=O)c2C1. The maximum Gasteiger partial charge on any atom is 0.317 e. The third-order valence-corrected chi connectivity index (χ3v) is 6.05. The van der Waals surface area contributed by atoms with Gasteiger partial charge < -0.3 is 15.0 Å². The maximum absolute atomic E-state index is 13.1. The summed E-state index contributed by atoms with van der Waals surface area (Å²) in [6, 6.07) is 9.08. The number of hydrogen-bond donors (Lipinski definition) is 2. The number of H-pyrrole nitrogens is 1. The molecule has 1 atom stereocenters. The van der Waals surface area contributed by atoms with E-state index in [1.165, 1.54) is 4.52 Å². The molecule has 0 radical (unpaired) electrons. The van der Waals surface area contributed by atoms with E-state index in [0.29, 0.717) is 35.7 Å². The molecule has 0 spiro atoms. The minimum Gasteiger partial charge on any atom is -0.376 e. The van der Waals surface area contributed by atoms with Gasteiger partial charge in [-0.2, -0.15) is 0 Å². The van der Waals surface area contributed by atoms with Crippen molar-refractivity contribution < 1.29 is 9.53 Å². The van der Waals surface area contributed by atoms with Crippen LogP contribution in [0, 0.1) is 0 Å². The summed E-state index contributed by atoms with van der Waals surface area (Å²) in [6.07, 6.45) is 2.62. The molecule has 8 nitrogen and oxygen atoms in total. The molecule has 1 saturated heterocycles. The Morgan fingerprint density at radius 3 is 3.03 bits per heavy atom. The van der Waals surface area contributed by atoms with Crippen LogP contribution in [0.1, 0.15) is 24.1 Å². The maximum atomic E-state index is 13.1. The number of urea groups is 1. The second kappa shape index (κ2) is 7.77. The van der Waals surface area contributed by atoms with Gasteiger partial charge in [0.15, 0.2) is 5.65 Å². The number of aromatic amines is 1. The van der Waals surface area contributed by atoms with Crippen molar-refractivity contribution in [2.75, 3.05) is 19.7 Å². The third kappa shape index (κ3) is 3.46. The van der Waals surface area contributed by atoms with Gasteiger partial charge in [-0.15, -0.1) is 0 Å². The number of benzene rings is 1. The number of fused-ring (bicyclic) bond motifs is 2. The summed E-state index contributed by atoms with van der Waals surface area (Å²) < 4.78 is 6.97. The lowest BCUT2D eigenvalue weighted by atomic mass is 10.1. The Hall–Kier alpha value is -2.84. The quantitative estimate of drug-likeness (QED) is 0.672. The summed E-state index contributed by atoms with van der Waals surface area (Å²) in [4.78, 5) is 32.0. The molecule has 3 aromatic rings. The van der Waals surface area contributed by atoms with Crippen LogP contribution in [-0.2, 0) is 17.7 Å². The number of nitrogens with one attached hydrogen (secondary N) is 2. The Labute approximate surface area is 177 Å². The van der Waals surface area contributed by atoms with Crippen molar-refractivity contribution in [1.29, 1.82) is 0 Å². The average Bonchev–Trinajstić information content (AvgIpc) is 3.42. The molecule has 2 aromatic heterocycles. The van der Waals surface area contributed by atoms with Crippen LogP contribution in [0.2, 0.25) is 5.02 Å². The largest absolute Gasteiger partial charge is 0.376 e. The molecule has 30 heavy (non-hydrogen) atoms. The standard InChI is InChI=1S/C21H22ClN5O3/c22-16-6-2-1-5-14(16)18-10-19-24-17-7-8-26(12-15(17)20(28)27(19)25-18)21(29)23-11-13-4-3-9-30-13/h1-2,5-6,10,13,25H,3-4,7-9,11-12H2,(H,23,29). The minimum absolute atomic E-state index is 0.0834.